The Morgan fingerprint density at radius 2 is 0.906 bits per heavy atom. The number of nitrogens with zero attached hydrogens (tertiary/aromatic N) is 1. The quantitative estimate of drug-likeness (QED) is 0.0972. The smallest absolute Gasteiger partial charge is 0.306 e. The molecule has 0 aliphatic carbocycles. The molecule has 0 aromatic rings. The molecule has 0 aliphatic heterocycles. The molecule has 0 saturated carbocycles. The van der Waals surface area contributed by atoms with Crippen molar-refractivity contribution in [3.05, 3.63) is 0 Å². The van der Waals surface area contributed by atoms with Crippen molar-refractivity contribution >= 4 is 5.97 Å². The summed E-state index contributed by atoms with van der Waals surface area (Å²) in [6.07, 6.45) is 23.4. The van der Waals surface area contributed by atoms with Gasteiger partial charge < -0.3 is 9.22 Å². The van der Waals surface area contributed by atoms with Gasteiger partial charge in [0.2, 0.25) is 0 Å². The summed E-state index contributed by atoms with van der Waals surface area (Å²) in [6, 6.07) is 0. The van der Waals surface area contributed by atoms with Crippen molar-refractivity contribution in [2.24, 2.45) is 0 Å². The van der Waals surface area contributed by atoms with Gasteiger partial charge in [0.25, 0.3) is 0 Å². The number of carbonyl (C=O) groups is 1. The normalized spacial score (nSPS) is 10.6. The van der Waals surface area contributed by atoms with Crippen LogP contribution in [0.3, 0.4) is 0 Å². The van der Waals surface area contributed by atoms with E-state index in [1.54, 1.807) is 0 Å². The number of quaternary nitrogens is 1. The van der Waals surface area contributed by atoms with E-state index in [0.29, 0.717) is 13.0 Å². The monoisotopic (exact) mass is 458 g/mol. The van der Waals surface area contributed by atoms with Crippen LogP contribution in [0.15, 0.2) is 0 Å². The first kappa shape index (κ1) is 36.0. The molecule has 0 heterocycles. The third kappa shape index (κ3) is 36.8. The maximum absolute atomic E-state index is 11.7. The highest BCUT2D eigenvalue weighted by molar-refractivity contribution is 5.69. The highest BCUT2D eigenvalue weighted by atomic mass is 16.5. The van der Waals surface area contributed by atoms with Gasteiger partial charge in [-0.05, 0) is 6.42 Å². The topological polar surface area (TPSA) is 26.3 Å². The Balaban J connectivity index is -0.00000198. The van der Waals surface area contributed by atoms with Gasteiger partial charge in [-0.1, -0.05) is 131 Å². The van der Waals surface area contributed by atoms with Gasteiger partial charge in [-0.2, -0.15) is 0 Å². The van der Waals surface area contributed by atoms with E-state index in [9.17, 15) is 4.79 Å². The molecule has 0 radical (unpaired) electrons. The Kier molecular flexibility index (Phi) is 34.2. The Labute approximate surface area is 204 Å². The predicted octanol–water partition coefficient (Wildman–Crippen LogP) is 9.33. The summed E-state index contributed by atoms with van der Waals surface area (Å²) in [5, 5.41) is 0. The fourth-order valence-corrected chi connectivity index (χ4v) is 3.61. The minimum atomic E-state index is -0.0191. The van der Waals surface area contributed by atoms with Crippen LogP contribution in [0.25, 0.3) is 0 Å². The molecule has 0 N–H and O–H groups in total. The lowest BCUT2D eigenvalue weighted by Gasteiger charge is -2.23. The maximum Gasteiger partial charge on any atom is 0.306 e. The molecule has 3 heteroatoms. The van der Waals surface area contributed by atoms with Gasteiger partial charge in [-0.3, -0.25) is 4.79 Å². The molecule has 0 saturated heterocycles. The van der Waals surface area contributed by atoms with Crippen molar-refractivity contribution in [3.8, 4) is 0 Å². The Morgan fingerprint density at radius 3 is 1.25 bits per heavy atom. The molecule has 0 spiro atoms. The van der Waals surface area contributed by atoms with Crippen molar-refractivity contribution < 1.29 is 14.0 Å². The van der Waals surface area contributed by atoms with Crippen LogP contribution >= 0.6 is 0 Å². The standard InChI is InChI=1S/C25H52NO2.2C2H6/c1-5-6-7-8-9-10-11-12-13-14-15-16-17-18-19-20-24-28-25(27)22-21-23-26(2,3)4;2*1-2/h5-24H2,1-4H3;2*1-2H3/q+1;;. The van der Waals surface area contributed by atoms with Crippen LogP contribution in [0.1, 0.15) is 150 Å². The lowest BCUT2D eigenvalue weighted by atomic mass is 10.0. The van der Waals surface area contributed by atoms with E-state index >= 15 is 0 Å². The molecular weight excluding hydrogens is 394 g/mol. The van der Waals surface area contributed by atoms with Gasteiger partial charge in [-0.25, -0.2) is 0 Å². The van der Waals surface area contributed by atoms with Gasteiger partial charge in [0.1, 0.15) is 0 Å². The molecule has 196 valence electrons. The van der Waals surface area contributed by atoms with E-state index in [0.717, 1.165) is 23.9 Å². The predicted molar refractivity (Wildman–Crippen MR) is 145 cm³/mol. The average Bonchev–Trinajstić information content (AvgIpc) is 2.78. The lowest BCUT2D eigenvalue weighted by Crippen LogP contribution is -2.35. The minimum absolute atomic E-state index is 0.0191. The van der Waals surface area contributed by atoms with Crippen LogP contribution in [0.4, 0.5) is 0 Å². The van der Waals surface area contributed by atoms with E-state index < -0.39 is 0 Å². The molecule has 0 amide bonds. The molecule has 0 atom stereocenters. The van der Waals surface area contributed by atoms with Crippen LogP contribution in [-0.2, 0) is 9.53 Å². The summed E-state index contributed by atoms with van der Waals surface area (Å²) in [7, 11) is 6.46. The second kappa shape index (κ2) is 30.4. The number of rotatable bonds is 21. The van der Waals surface area contributed by atoms with Crippen molar-refractivity contribution in [2.75, 3.05) is 34.3 Å². The molecular formula is C29H64NO2+. The average molecular weight is 459 g/mol. The van der Waals surface area contributed by atoms with E-state index in [-0.39, 0.29) is 5.97 Å². The summed E-state index contributed by atoms with van der Waals surface area (Å²) < 4.78 is 6.24. The maximum atomic E-state index is 11.7. The lowest BCUT2D eigenvalue weighted by molar-refractivity contribution is -0.870. The Bertz CT molecular complexity index is 337. The van der Waals surface area contributed by atoms with E-state index in [1.807, 2.05) is 27.7 Å². The SMILES string of the molecule is CC.CC.CCCCCCCCCCCCCCCCCCOC(=O)CCC[N+](C)(C)C. The van der Waals surface area contributed by atoms with Crippen LogP contribution in [0.2, 0.25) is 0 Å². The zero-order valence-corrected chi connectivity index (χ0v) is 23.9. The summed E-state index contributed by atoms with van der Waals surface area (Å²) in [5.74, 6) is -0.0191. The molecule has 0 bridgehead atoms. The van der Waals surface area contributed by atoms with Crippen LogP contribution in [-0.4, -0.2) is 44.7 Å². The second-order valence-electron chi connectivity index (χ2n) is 9.64. The summed E-state index contributed by atoms with van der Waals surface area (Å²) >= 11 is 0. The van der Waals surface area contributed by atoms with Crippen molar-refractivity contribution in [3.63, 3.8) is 0 Å². The molecule has 0 rings (SSSR count). The fourth-order valence-electron chi connectivity index (χ4n) is 3.61. The highest BCUT2D eigenvalue weighted by Crippen LogP contribution is 2.13. The summed E-state index contributed by atoms with van der Waals surface area (Å²) in [4.78, 5) is 11.7. The largest absolute Gasteiger partial charge is 0.466 e. The number of unbranched alkanes of at least 4 members (excludes halogenated alkanes) is 15. The van der Waals surface area contributed by atoms with Gasteiger partial charge in [0.15, 0.2) is 0 Å². The fraction of sp³-hybridized carbons (Fsp3) is 0.966. The van der Waals surface area contributed by atoms with Crippen LogP contribution < -0.4 is 0 Å². The number of hydrogen-bond acceptors (Lipinski definition) is 2. The van der Waals surface area contributed by atoms with Gasteiger partial charge in [0, 0.05) is 6.42 Å². The molecule has 0 fully saturated rings. The number of hydrogen-bond donors (Lipinski definition) is 0. The molecule has 0 aromatic heterocycles. The molecule has 0 aliphatic rings. The second-order valence-corrected chi connectivity index (χ2v) is 9.64. The summed E-state index contributed by atoms with van der Waals surface area (Å²) in [6.45, 7) is 11.9. The Morgan fingerprint density at radius 1 is 0.562 bits per heavy atom. The first-order valence-electron chi connectivity index (χ1n) is 14.4. The number of carbonyl (C=O) groups excluding carboxylic acids is 1. The summed E-state index contributed by atoms with van der Waals surface area (Å²) in [5.41, 5.74) is 0. The van der Waals surface area contributed by atoms with Crippen molar-refractivity contribution in [1.29, 1.82) is 0 Å². The zero-order chi connectivity index (χ0) is 24.9. The highest BCUT2D eigenvalue weighted by Gasteiger charge is 2.09. The first-order valence-corrected chi connectivity index (χ1v) is 14.4. The minimum Gasteiger partial charge on any atom is -0.466 e. The number of esters is 1. The van der Waals surface area contributed by atoms with Gasteiger partial charge in [-0.15, -0.1) is 0 Å². The van der Waals surface area contributed by atoms with E-state index in [4.69, 9.17) is 4.74 Å². The zero-order valence-electron chi connectivity index (χ0n) is 23.9. The molecule has 0 unspecified atom stereocenters. The Hall–Kier alpha value is -0.570. The van der Waals surface area contributed by atoms with Gasteiger partial charge in [0.05, 0.1) is 40.7 Å². The van der Waals surface area contributed by atoms with E-state index in [2.05, 4.69) is 28.1 Å². The van der Waals surface area contributed by atoms with Crippen LogP contribution in [0.5, 0.6) is 0 Å². The molecule has 3 nitrogen and oxygen atoms in total. The van der Waals surface area contributed by atoms with Crippen molar-refractivity contribution in [1.82, 2.24) is 0 Å². The number of ether oxygens (including phenoxy) is 1. The first-order chi connectivity index (χ1) is 15.5. The van der Waals surface area contributed by atoms with Gasteiger partial charge >= 0.3 is 5.97 Å². The third-order valence-corrected chi connectivity index (χ3v) is 5.47. The van der Waals surface area contributed by atoms with Crippen molar-refractivity contribution in [2.45, 2.75) is 150 Å². The van der Waals surface area contributed by atoms with E-state index in [1.165, 1.54) is 96.3 Å². The van der Waals surface area contributed by atoms with Crippen LogP contribution in [0, 0.1) is 0 Å². The molecule has 0 aromatic carbocycles. The third-order valence-electron chi connectivity index (χ3n) is 5.47. The molecule has 32 heavy (non-hydrogen) atoms.